The number of pyridine rings is 1. The van der Waals surface area contributed by atoms with E-state index in [0.29, 0.717) is 5.82 Å². The minimum Gasteiger partial charge on any atom is -0.265 e. The number of rotatable bonds is 3. The van der Waals surface area contributed by atoms with Crippen molar-refractivity contribution in [2.45, 2.75) is 0 Å². The molecule has 8 aromatic rings. The molecular formula is C37H23N3. The fourth-order valence-corrected chi connectivity index (χ4v) is 5.88. The van der Waals surface area contributed by atoms with Gasteiger partial charge in [0.1, 0.15) is 0 Å². The molecule has 0 saturated heterocycles. The molecule has 0 fully saturated rings. The molecule has 0 amide bonds. The van der Waals surface area contributed by atoms with Crippen LogP contribution in [0.4, 0.5) is 0 Å². The molecule has 40 heavy (non-hydrogen) atoms. The average molecular weight is 510 g/mol. The highest BCUT2D eigenvalue weighted by atomic mass is 14.9. The Morgan fingerprint density at radius 3 is 1.43 bits per heavy atom. The number of benzene rings is 6. The summed E-state index contributed by atoms with van der Waals surface area (Å²) in [5, 5.41) is 9.74. The SMILES string of the molecule is c1ccc2c(c1)ccc1c(-c3cc(-c4cccc5c4ccc4ccccc45)nc(-c4ccncc4)n3)cccc12. The van der Waals surface area contributed by atoms with E-state index >= 15 is 0 Å². The second kappa shape index (κ2) is 9.11. The van der Waals surface area contributed by atoms with Gasteiger partial charge in [0.15, 0.2) is 5.82 Å². The summed E-state index contributed by atoms with van der Waals surface area (Å²) in [4.78, 5) is 14.5. The van der Waals surface area contributed by atoms with Gasteiger partial charge in [-0.25, -0.2) is 9.97 Å². The first-order valence-electron chi connectivity index (χ1n) is 13.4. The maximum atomic E-state index is 5.12. The summed E-state index contributed by atoms with van der Waals surface area (Å²) in [5.74, 6) is 0.686. The Balaban J connectivity index is 1.42. The lowest BCUT2D eigenvalue weighted by Crippen LogP contribution is -1.97. The first kappa shape index (κ1) is 22.6. The van der Waals surface area contributed by atoms with Gasteiger partial charge in [-0.3, -0.25) is 4.98 Å². The molecule has 0 aliphatic carbocycles. The lowest BCUT2D eigenvalue weighted by atomic mass is 9.94. The van der Waals surface area contributed by atoms with E-state index in [1.54, 1.807) is 12.4 Å². The first-order valence-corrected chi connectivity index (χ1v) is 13.4. The highest BCUT2D eigenvalue weighted by Gasteiger charge is 2.15. The van der Waals surface area contributed by atoms with E-state index in [1.807, 2.05) is 12.1 Å². The zero-order chi connectivity index (χ0) is 26.5. The van der Waals surface area contributed by atoms with Crippen LogP contribution in [0.3, 0.4) is 0 Å². The average Bonchev–Trinajstić information content (AvgIpc) is 3.04. The summed E-state index contributed by atoms with van der Waals surface area (Å²) in [6.07, 6.45) is 3.58. The fourth-order valence-electron chi connectivity index (χ4n) is 5.88. The second-order valence-electron chi connectivity index (χ2n) is 10.1. The molecule has 0 aliphatic heterocycles. The molecule has 3 nitrogen and oxygen atoms in total. The van der Waals surface area contributed by atoms with Crippen molar-refractivity contribution in [3.63, 3.8) is 0 Å². The third-order valence-electron chi connectivity index (χ3n) is 7.79. The first-order chi connectivity index (χ1) is 19.8. The van der Waals surface area contributed by atoms with E-state index in [4.69, 9.17) is 9.97 Å². The summed E-state index contributed by atoms with van der Waals surface area (Å²) in [6, 6.07) is 44.9. The minimum atomic E-state index is 0.686. The molecule has 0 aliphatic rings. The molecule has 0 saturated carbocycles. The number of fused-ring (bicyclic) bond motifs is 6. The highest BCUT2D eigenvalue weighted by Crippen LogP contribution is 2.37. The van der Waals surface area contributed by atoms with Crippen molar-refractivity contribution in [2.24, 2.45) is 0 Å². The third kappa shape index (κ3) is 3.63. The van der Waals surface area contributed by atoms with Gasteiger partial charge in [0.05, 0.1) is 11.4 Å². The minimum absolute atomic E-state index is 0.686. The number of nitrogens with zero attached hydrogens (tertiary/aromatic N) is 3. The lowest BCUT2D eigenvalue weighted by molar-refractivity contribution is 1.18. The van der Waals surface area contributed by atoms with Crippen LogP contribution in [0.5, 0.6) is 0 Å². The third-order valence-corrected chi connectivity index (χ3v) is 7.79. The van der Waals surface area contributed by atoms with Crippen molar-refractivity contribution in [3.8, 4) is 33.9 Å². The quantitative estimate of drug-likeness (QED) is 0.223. The Kier molecular flexibility index (Phi) is 5.14. The van der Waals surface area contributed by atoms with Gasteiger partial charge >= 0.3 is 0 Å². The van der Waals surface area contributed by atoms with Gasteiger partial charge in [-0.05, 0) is 61.3 Å². The maximum absolute atomic E-state index is 5.12. The van der Waals surface area contributed by atoms with Crippen molar-refractivity contribution >= 4 is 43.1 Å². The van der Waals surface area contributed by atoms with Crippen LogP contribution < -0.4 is 0 Å². The molecule has 0 radical (unpaired) electrons. The van der Waals surface area contributed by atoms with E-state index in [1.165, 1.54) is 43.1 Å². The van der Waals surface area contributed by atoms with Crippen molar-refractivity contribution in [1.29, 1.82) is 0 Å². The van der Waals surface area contributed by atoms with E-state index in [2.05, 4.69) is 120 Å². The van der Waals surface area contributed by atoms with Crippen LogP contribution in [0.15, 0.2) is 140 Å². The second-order valence-corrected chi connectivity index (χ2v) is 10.1. The van der Waals surface area contributed by atoms with Gasteiger partial charge in [-0.15, -0.1) is 0 Å². The molecule has 0 N–H and O–H groups in total. The van der Waals surface area contributed by atoms with Crippen LogP contribution in [-0.2, 0) is 0 Å². The molecule has 6 aromatic carbocycles. The van der Waals surface area contributed by atoms with E-state index < -0.39 is 0 Å². The summed E-state index contributed by atoms with van der Waals surface area (Å²) >= 11 is 0. The molecule has 2 heterocycles. The number of hydrogen-bond acceptors (Lipinski definition) is 3. The zero-order valence-corrected chi connectivity index (χ0v) is 21.6. The highest BCUT2D eigenvalue weighted by molar-refractivity contribution is 6.13. The maximum Gasteiger partial charge on any atom is 0.160 e. The Bertz CT molecular complexity index is 2080. The van der Waals surface area contributed by atoms with Crippen molar-refractivity contribution in [1.82, 2.24) is 15.0 Å². The molecule has 3 heteroatoms. The normalized spacial score (nSPS) is 11.5. The van der Waals surface area contributed by atoms with Crippen LogP contribution in [0, 0.1) is 0 Å². The summed E-state index contributed by atoms with van der Waals surface area (Å²) < 4.78 is 0. The summed E-state index contributed by atoms with van der Waals surface area (Å²) in [7, 11) is 0. The fraction of sp³-hybridized carbons (Fsp3) is 0. The molecule has 0 atom stereocenters. The van der Waals surface area contributed by atoms with E-state index in [-0.39, 0.29) is 0 Å². The zero-order valence-electron chi connectivity index (χ0n) is 21.6. The van der Waals surface area contributed by atoms with Crippen LogP contribution in [0.2, 0.25) is 0 Å². The smallest absolute Gasteiger partial charge is 0.160 e. The molecular weight excluding hydrogens is 486 g/mol. The standard InChI is InChI=1S/C37H23N3/c1-3-9-27-24(7-1)15-17-31-29(27)11-5-13-33(31)35-23-36(40-37(39-35)26-19-21-38-22-20-26)34-14-6-12-30-28-10-4-2-8-25(28)16-18-32(30)34/h1-23H. The Morgan fingerprint density at radius 1 is 0.375 bits per heavy atom. The molecule has 8 rings (SSSR count). The van der Waals surface area contributed by atoms with Gasteiger partial charge in [-0.2, -0.15) is 0 Å². The predicted molar refractivity (Wildman–Crippen MR) is 166 cm³/mol. The summed E-state index contributed by atoms with van der Waals surface area (Å²) in [5.41, 5.74) is 4.92. The van der Waals surface area contributed by atoms with Crippen molar-refractivity contribution in [3.05, 3.63) is 140 Å². The van der Waals surface area contributed by atoms with Crippen LogP contribution in [0.25, 0.3) is 77.0 Å². The molecule has 0 bridgehead atoms. The van der Waals surface area contributed by atoms with Crippen LogP contribution in [-0.4, -0.2) is 15.0 Å². The van der Waals surface area contributed by atoms with Gasteiger partial charge in [-0.1, -0.05) is 109 Å². The van der Waals surface area contributed by atoms with Gasteiger partial charge < -0.3 is 0 Å². The Morgan fingerprint density at radius 2 is 0.875 bits per heavy atom. The largest absolute Gasteiger partial charge is 0.265 e. The molecule has 0 unspecified atom stereocenters. The predicted octanol–water partition coefficient (Wildman–Crippen LogP) is 9.49. The van der Waals surface area contributed by atoms with Gasteiger partial charge in [0, 0.05) is 29.1 Å². The molecule has 186 valence electrons. The van der Waals surface area contributed by atoms with Crippen LogP contribution in [0.1, 0.15) is 0 Å². The van der Waals surface area contributed by atoms with Crippen LogP contribution >= 0.6 is 0 Å². The number of hydrogen-bond donors (Lipinski definition) is 0. The lowest BCUT2D eigenvalue weighted by Gasteiger charge is -2.14. The molecule has 2 aromatic heterocycles. The van der Waals surface area contributed by atoms with E-state index in [0.717, 1.165) is 28.1 Å². The van der Waals surface area contributed by atoms with E-state index in [9.17, 15) is 0 Å². The Hall–Kier alpha value is -5.41. The monoisotopic (exact) mass is 509 g/mol. The Labute approximate surface area is 231 Å². The van der Waals surface area contributed by atoms with Crippen molar-refractivity contribution in [2.75, 3.05) is 0 Å². The number of aromatic nitrogens is 3. The molecule has 0 spiro atoms. The van der Waals surface area contributed by atoms with Gasteiger partial charge in [0.25, 0.3) is 0 Å². The topological polar surface area (TPSA) is 38.7 Å². The summed E-state index contributed by atoms with van der Waals surface area (Å²) in [6.45, 7) is 0. The van der Waals surface area contributed by atoms with Gasteiger partial charge in [0.2, 0.25) is 0 Å². The van der Waals surface area contributed by atoms with Crippen molar-refractivity contribution < 1.29 is 0 Å².